The van der Waals surface area contributed by atoms with Crippen molar-refractivity contribution in [3.63, 3.8) is 0 Å². The molecule has 1 aliphatic carbocycles. The van der Waals surface area contributed by atoms with Crippen molar-refractivity contribution in [3.05, 3.63) is 40.3 Å². The molecule has 0 bridgehead atoms. The molecule has 0 amide bonds. The second-order valence-corrected chi connectivity index (χ2v) is 7.61. The Morgan fingerprint density at radius 3 is 2.58 bits per heavy atom. The van der Waals surface area contributed by atoms with Gasteiger partial charge < -0.3 is 4.57 Å². The zero-order chi connectivity index (χ0) is 18.6. The molecule has 4 nitrogen and oxygen atoms in total. The molecule has 136 valence electrons. The van der Waals surface area contributed by atoms with Gasteiger partial charge in [-0.2, -0.15) is 0 Å². The van der Waals surface area contributed by atoms with Crippen LogP contribution < -0.4 is 0 Å². The van der Waals surface area contributed by atoms with Crippen LogP contribution in [0.5, 0.6) is 0 Å². The summed E-state index contributed by atoms with van der Waals surface area (Å²) < 4.78 is 30.1. The Morgan fingerprint density at radius 1 is 1.19 bits per heavy atom. The number of hydrogen-bond acceptors (Lipinski definition) is 3. The molecule has 1 saturated carbocycles. The first-order valence-electron chi connectivity index (χ1n) is 8.39. The van der Waals surface area contributed by atoms with Gasteiger partial charge in [-0.3, -0.25) is 0 Å². The number of benzene rings is 1. The highest BCUT2D eigenvalue weighted by atomic mass is 35.5. The molecule has 2 heterocycles. The van der Waals surface area contributed by atoms with E-state index < -0.39 is 12.0 Å². The highest BCUT2D eigenvalue weighted by Crippen LogP contribution is 2.41. The molecule has 1 aromatic carbocycles. The zero-order valence-corrected chi connectivity index (χ0v) is 15.7. The quantitative estimate of drug-likeness (QED) is 0.530. The summed E-state index contributed by atoms with van der Waals surface area (Å²) in [6.07, 6.45) is 1.44. The third kappa shape index (κ3) is 2.85. The lowest BCUT2D eigenvalue weighted by atomic mass is 9.83. The van der Waals surface area contributed by atoms with Crippen LogP contribution in [0, 0.1) is 5.82 Å². The Labute approximate surface area is 159 Å². The topological polar surface area (TPSA) is 43.6 Å². The molecular weight excluding hydrogens is 381 g/mol. The molecule has 3 aromatic rings. The van der Waals surface area contributed by atoms with Crippen molar-refractivity contribution in [2.24, 2.45) is 0 Å². The van der Waals surface area contributed by atoms with E-state index in [1.165, 1.54) is 12.3 Å². The highest BCUT2D eigenvalue weighted by molar-refractivity contribution is 6.33. The highest BCUT2D eigenvalue weighted by Gasteiger charge is 2.35. The molecule has 0 spiro atoms. The maximum Gasteiger partial charge on any atom is 0.222 e. The summed E-state index contributed by atoms with van der Waals surface area (Å²) in [7, 11) is 0. The Morgan fingerprint density at radius 2 is 1.92 bits per heavy atom. The normalized spacial score (nSPS) is 20.0. The summed E-state index contributed by atoms with van der Waals surface area (Å²) in [4.78, 5) is 12.4. The van der Waals surface area contributed by atoms with E-state index in [0.717, 1.165) is 5.82 Å². The van der Waals surface area contributed by atoms with Crippen molar-refractivity contribution < 1.29 is 8.78 Å². The largest absolute Gasteiger partial charge is 0.325 e. The number of imidazole rings is 1. The third-order valence-electron chi connectivity index (χ3n) is 4.73. The maximum absolute atomic E-state index is 14.8. The first kappa shape index (κ1) is 17.6. The van der Waals surface area contributed by atoms with Gasteiger partial charge in [0.2, 0.25) is 5.28 Å². The van der Waals surface area contributed by atoms with Crippen LogP contribution in [0.15, 0.2) is 18.3 Å². The molecule has 1 fully saturated rings. The molecule has 0 saturated heterocycles. The summed E-state index contributed by atoms with van der Waals surface area (Å²) in [6.45, 7) is 3.99. The molecule has 4 rings (SSSR count). The van der Waals surface area contributed by atoms with Crippen molar-refractivity contribution in [2.45, 2.75) is 44.8 Å². The summed E-state index contributed by atoms with van der Waals surface area (Å²) in [5, 5.41) is 0.315. The van der Waals surface area contributed by atoms with Crippen molar-refractivity contribution in [1.82, 2.24) is 19.5 Å². The average Bonchev–Trinajstić information content (AvgIpc) is 2.93. The van der Waals surface area contributed by atoms with Gasteiger partial charge >= 0.3 is 0 Å². The molecule has 0 N–H and O–H groups in total. The van der Waals surface area contributed by atoms with E-state index in [0.29, 0.717) is 29.6 Å². The molecule has 0 atom stereocenters. The number of halogens is 4. The van der Waals surface area contributed by atoms with Crippen molar-refractivity contribution >= 4 is 34.2 Å². The molecule has 8 heteroatoms. The van der Waals surface area contributed by atoms with E-state index >= 15 is 0 Å². The Kier molecular flexibility index (Phi) is 4.35. The van der Waals surface area contributed by atoms with E-state index in [4.69, 9.17) is 23.2 Å². The van der Waals surface area contributed by atoms with Gasteiger partial charge in [-0.15, -0.1) is 0 Å². The van der Waals surface area contributed by atoms with Gasteiger partial charge in [0, 0.05) is 17.5 Å². The predicted molar refractivity (Wildman–Crippen MR) is 98.0 cm³/mol. The molecule has 0 unspecified atom stereocenters. The summed E-state index contributed by atoms with van der Waals surface area (Å²) in [6, 6.07) is 3.19. The number of aromatic nitrogens is 4. The number of alkyl halides is 1. The molecular formula is C18H16Cl2F2N4. The van der Waals surface area contributed by atoms with Crippen LogP contribution in [-0.2, 0) is 0 Å². The summed E-state index contributed by atoms with van der Waals surface area (Å²) in [5.74, 6) is 0.270. The van der Waals surface area contributed by atoms with Crippen molar-refractivity contribution in [3.8, 4) is 11.3 Å². The van der Waals surface area contributed by atoms with E-state index in [-0.39, 0.29) is 27.8 Å². The minimum absolute atomic E-state index is 0.0136. The number of fused-ring (bicyclic) bond motifs is 1. The fourth-order valence-corrected chi connectivity index (χ4v) is 3.78. The van der Waals surface area contributed by atoms with E-state index in [9.17, 15) is 8.78 Å². The molecule has 0 radical (unpaired) electrons. The fourth-order valence-electron chi connectivity index (χ4n) is 3.45. The van der Waals surface area contributed by atoms with Crippen molar-refractivity contribution in [2.75, 3.05) is 0 Å². The molecule has 1 aliphatic rings. The summed E-state index contributed by atoms with van der Waals surface area (Å²) >= 11 is 12.0. The second kappa shape index (κ2) is 6.43. The van der Waals surface area contributed by atoms with Crippen LogP contribution in [-0.4, -0.2) is 25.7 Å². The Hall–Kier alpha value is -1.79. The predicted octanol–water partition coefficient (Wildman–Crippen LogP) is 5.74. The van der Waals surface area contributed by atoms with Gasteiger partial charge in [-0.05, 0) is 50.4 Å². The van der Waals surface area contributed by atoms with Crippen molar-refractivity contribution in [1.29, 1.82) is 0 Å². The van der Waals surface area contributed by atoms with Crippen LogP contribution >= 0.6 is 23.2 Å². The molecule has 26 heavy (non-hydrogen) atoms. The first-order valence-corrected chi connectivity index (χ1v) is 9.14. The fraction of sp³-hybridized carbons (Fsp3) is 0.389. The lowest BCUT2D eigenvalue weighted by molar-refractivity contribution is 0.170. The van der Waals surface area contributed by atoms with Gasteiger partial charge in [0.05, 0.1) is 22.4 Å². The summed E-state index contributed by atoms with van der Waals surface area (Å²) in [5.41, 5.74) is 1.77. The lowest BCUT2D eigenvalue weighted by Gasteiger charge is -2.30. The average molecular weight is 397 g/mol. The van der Waals surface area contributed by atoms with Crippen LogP contribution in [0.2, 0.25) is 10.3 Å². The van der Waals surface area contributed by atoms with E-state index in [1.54, 1.807) is 6.07 Å². The molecule has 0 aliphatic heterocycles. The van der Waals surface area contributed by atoms with Crippen LogP contribution in [0.3, 0.4) is 0 Å². The Bertz CT molecular complexity index is 997. The van der Waals surface area contributed by atoms with E-state index in [2.05, 4.69) is 15.0 Å². The van der Waals surface area contributed by atoms with E-state index in [1.807, 2.05) is 18.4 Å². The first-order chi connectivity index (χ1) is 12.3. The minimum Gasteiger partial charge on any atom is -0.325 e. The van der Waals surface area contributed by atoms with Gasteiger partial charge in [0.15, 0.2) is 5.82 Å². The van der Waals surface area contributed by atoms with Gasteiger partial charge in [-0.25, -0.2) is 23.7 Å². The zero-order valence-electron chi connectivity index (χ0n) is 14.2. The minimum atomic E-state index is -0.803. The van der Waals surface area contributed by atoms with Gasteiger partial charge in [0.25, 0.3) is 0 Å². The number of nitrogens with zero attached hydrogens (tertiary/aromatic N) is 4. The van der Waals surface area contributed by atoms with Crippen LogP contribution in [0.4, 0.5) is 8.78 Å². The SMILES string of the molecule is CC(C)n1c(C2CC(F)C2)nc2c(F)cc(-c3nc(Cl)ncc3Cl)cc21. The number of rotatable bonds is 3. The third-order valence-corrected chi connectivity index (χ3v) is 5.18. The molecule has 2 aromatic heterocycles. The smallest absolute Gasteiger partial charge is 0.222 e. The Balaban J connectivity index is 1.93. The maximum atomic E-state index is 14.8. The van der Waals surface area contributed by atoms with Crippen LogP contribution in [0.25, 0.3) is 22.3 Å². The number of hydrogen-bond donors (Lipinski definition) is 0. The lowest BCUT2D eigenvalue weighted by Crippen LogP contribution is -2.26. The van der Waals surface area contributed by atoms with Gasteiger partial charge in [-0.1, -0.05) is 11.6 Å². The van der Waals surface area contributed by atoms with Gasteiger partial charge in [0.1, 0.15) is 17.5 Å². The monoisotopic (exact) mass is 396 g/mol. The standard InChI is InChI=1S/C18H16Cl2F2N4/c1-8(2)26-14-6-9(15-12(19)7-23-18(20)25-15)5-13(22)16(14)24-17(26)10-3-11(21)4-10/h5-8,10-11H,3-4H2,1-2H3. The van der Waals surface area contributed by atoms with Crippen LogP contribution in [0.1, 0.15) is 44.5 Å². The second-order valence-electron chi connectivity index (χ2n) is 6.86.